The summed E-state index contributed by atoms with van der Waals surface area (Å²) in [5, 5.41) is 3.03. The summed E-state index contributed by atoms with van der Waals surface area (Å²) < 4.78 is 24.6. The molecule has 2 atom stereocenters. The first-order valence-corrected chi connectivity index (χ1v) is 8.35. The van der Waals surface area contributed by atoms with Gasteiger partial charge in [-0.2, -0.15) is 0 Å². The monoisotopic (exact) mass is 274 g/mol. The lowest BCUT2D eigenvalue weighted by atomic mass is 9.85. The first-order valence-electron chi connectivity index (χ1n) is 6.46. The molecule has 1 heterocycles. The van der Waals surface area contributed by atoms with Crippen LogP contribution >= 0.6 is 0 Å². The summed E-state index contributed by atoms with van der Waals surface area (Å²) in [5.74, 6) is 1.05. The van der Waals surface area contributed by atoms with Gasteiger partial charge in [0.1, 0.15) is 0 Å². The van der Waals surface area contributed by atoms with Gasteiger partial charge >= 0.3 is 0 Å². The Balaban J connectivity index is 1.92. The van der Waals surface area contributed by atoms with E-state index in [1.54, 1.807) is 0 Å². The van der Waals surface area contributed by atoms with Crippen molar-refractivity contribution in [1.82, 2.24) is 14.9 Å². The van der Waals surface area contributed by atoms with Crippen molar-refractivity contribution in [2.24, 2.45) is 10.9 Å². The van der Waals surface area contributed by atoms with Crippen LogP contribution in [0, 0.1) is 5.92 Å². The van der Waals surface area contributed by atoms with Gasteiger partial charge in [-0.1, -0.05) is 19.8 Å². The minimum absolute atomic E-state index is 0.359. The van der Waals surface area contributed by atoms with Crippen LogP contribution < -0.4 is 10.0 Å². The first-order chi connectivity index (χ1) is 8.46. The van der Waals surface area contributed by atoms with Crippen LogP contribution in [-0.2, 0) is 10.0 Å². The fourth-order valence-electron chi connectivity index (χ4n) is 2.75. The lowest BCUT2D eigenvalue weighted by Gasteiger charge is -2.39. The second kappa shape index (κ2) is 5.44. The van der Waals surface area contributed by atoms with E-state index in [-0.39, 0.29) is 0 Å². The molecule has 1 fully saturated rings. The Morgan fingerprint density at radius 2 is 2.11 bits per heavy atom. The van der Waals surface area contributed by atoms with Gasteiger partial charge in [0.05, 0.1) is 19.6 Å². The summed E-state index contributed by atoms with van der Waals surface area (Å²) in [6, 6.07) is 0.565. The quantitative estimate of drug-likeness (QED) is 0.759. The summed E-state index contributed by atoms with van der Waals surface area (Å²) in [6.45, 7) is 3.52. The topological polar surface area (TPSA) is 73.8 Å². The molecule has 2 N–H and O–H groups in total. The van der Waals surface area contributed by atoms with Crippen LogP contribution in [-0.4, -0.2) is 44.9 Å². The molecule has 18 heavy (non-hydrogen) atoms. The van der Waals surface area contributed by atoms with Crippen molar-refractivity contribution in [3.8, 4) is 0 Å². The maximum Gasteiger partial charge on any atom is 0.232 e. The molecule has 0 radical (unpaired) electrons. The lowest BCUT2D eigenvalue weighted by Crippen LogP contribution is -2.54. The van der Waals surface area contributed by atoms with E-state index in [1.165, 1.54) is 25.7 Å². The van der Waals surface area contributed by atoms with Gasteiger partial charge in [0, 0.05) is 6.04 Å². The Hall–Kier alpha value is -0.820. The Labute approximate surface area is 109 Å². The van der Waals surface area contributed by atoms with E-state index in [2.05, 4.69) is 26.9 Å². The predicted octanol–water partition coefficient (Wildman–Crippen LogP) is 0.291. The summed E-state index contributed by atoms with van der Waals surface area (Å²) in [6.07, 6.45) is 6.23. The van der Waals surface area contributed by atoms with Crippen molar-refractivity contribution in [2.75, 3.05) is 19.6 Å². The Kier molecular flexibility index (Phi) is 4.11. The maximum atomic E-state index is 11.1. The standard InChI is InChI=1S/C11H22N4O2S/c1-9-5-3-4-6-10(9)15-7-12-11(13-8-15)14-18(2,16)17/h9-10H,3-8H2,1-2H3,(H2,12,13,14)/t9-,10+/m0/s1. The highest BCUT2D eigenvalue weighted by Crippen LogP contribution is 2.28. The minimum Gasteiger partial charge on any atom is -0.343 e. The van der Waals surface area contributed by atoms with Gasteiger partial charge < -0.3 is 5.32 Å². The van der Waals surface area contributed by atoms with Gasteiger partial charge in [-0.3, -0.25) is 9.62 Å². The molecule has 1 saturated carbocycles. The van der Waals surface area contributed by atoms with Gasteiger partial charge in [-0.15, -0.1) is 0 Å². The summed E-state index contributed by atoms with van der Waals surface area (Å²) in [7, 11) is -3.24. The Morgan fingerprint density at radius 1 is 1.39 bits per heavy atom. The fourth-order valence-corrected chi connectivity index (χ4v) is 3.24. The summed E-state index contributed by atoms with van der Waals surface area (Å²) >= 11 is 0. The highest BCUT2D eigenvalue weighted by Gasteiger charge is 2.28. The molecule has 0 aromatic carbocycles. The zero-order valence-electron chi connectivity index (χ0n) is 11.0. The van der Waals surface area contributed by atoms with Crippen LogP contribution in [0.25, 0.3) is 0 Å². The molecular formula is C11H22N4O2S. The van der Waals surface area contributed by atoms with E-state index >= 15 is 0 Å². The Morgan fingerprint density at radius 3 is 2.67 bits per heavy atom. The number of rotatable bonds is 2. The average molecular weight is 274 g/mol. The number of nitrogens with one attached hydrogen (secondary N) is 2. The fraction of sp³-hybridized carbons (Fsp3) is 0.909. The third kappa shape index (κ3) is 3.58. The predicted molar refractivity (Wildman–Crippen MR) is 71.5 cm³/mol. The van der Waals surface area contributed by atoms with E-state index < -0.39 is 10.0 Å². The van der Waals surface area contributed by atoms with E-state index in [0.717, 1.165) is 6.26 Å². The molecule has 2 rings (SSSR count). The first kappa shape index (κ1) is 13.6. The van der Waals surface area contributed by atoms with Crippen molar-refractivity contribution in [2.45, 2.75) is 38.6 Å². The largest absolute Gasteiger partial charge is 0.343 e. The maximum absolute atomic E-state index is 11.1. The molecule has 6 nitrogen and oxygen atoms in total. The Bertz CT molecular complexity index is 421. The van der Waals surface area contributed by atoms with Crippen molar-refractivity contribution in [3.63, 3.8) is 0 Å². The second-order valence-electron chi connectivity index (χ2n) is 5.28. The van der Waals surface area contributed by atoms with Crippen molar-refractivity contribution >= 4 is 16.0 Å². The molecule has 0 aromatic heterocycles. The van der Waals surface area contributed by atoms with Crippen LogP contribution in [0.5, 0.6) is 0 Å². The zero-order chi connectivity index (χ0) is 13.2. The van der Waals surface area contributed by atoms with Crippen LogP contribution in [0.4, 0.5) is 0 Å². The lowest BCUT2D eigenvalue weighted by molar-refractivity contribution is 0.106. The summed E-state index contributed by atoms with van der Waals surface area (Å²) in [5.41, 5.74) is 0. The summed E-state index contributed by atoms with van der Waals surface area (Å²) in [4.78, 5) is 6.54. The molecular weight excluding hydrogens is 252 g/mol. The van der Waals surface area contributed by atoms with Gasteiger partial charge in [0.15, 0.2) is 0 Å². The van der Waals surface area contributed by atoms with Crippen LogP contribution in [0.15, 0.2) is 4.99 Å². The molecule has 1 aliphatic carbocycles. The molecule has 0 bridgehead atoms. The normalized spacial score (nSPS) is 30.4. The molecule has 2 aliphatic rings. The minimum atomic E-state index is -3.24. The third-order valence-corrected chi connectivity index (χ3v) is 4.24. The smallest absolute Gasteiger partial charge is 0.232 e. The van der Waals surface area contributed by atoms with Crippen molar-refractivity contribution < 1.29 is 8.42 Å². The third-order valence-electron chi connectivity index (χ3n) is 3.68. The molecule has 0 saturated heterocycles. The van der Waals surface area contributed by atoms with E-state index in [1.807, 2.05) is 0 Å². The highest BCUT2D eigenvalue weighted by atomic mass is 32.2. The van der Waals surface area contributed by atoms with Gasteiger partial charge in [-0.25, -0.2) is 13.4 Å². The molecule has 0 spiro atoms. The number of hydrogen-bond acceptors (Lipinski definition) is 5. The van der Waals surface area contributed by atoms with Crippen LogP contribution in [0.1, 0.15) is 32.6 Å². The number of hydrogen-bond donors (Lipinski definition) is 2. The van der Waals surface area contributed by atoms with Crippen LogP contribution in [0.2, 0.25) is 0 Å². The van der Waals surface area contributed by atoms with Crippen molar-refractivity contribution in [3.05, 3.63) is 0 Å². The second-order valence-corrected chi connectivity index (χ2v) is 7.02. The average Bonchev–Trinajstić information content (AvgIpc) is 2.29. The molecule has 104 valence electrons. The number of sulfonamides is 1. The number of aliphatic imine (C=N–C) groups is 1. The molecule has 1 aliphatic heterocycles. The molecule has 0 aromatic rings. The van der Waals surface area contributed by atoms with Crippen LogP contribution in [0.3, 0.4) is 0 Å². The molecule has 0 unspecified atom stereocenters. The van der Waals surface area contributed by atoms with E-state index in [9.17, 15) is 8.42 Å². The molecule has 7 heteroatoms. The SMILES string of the molecule is C[C@H]1CCCC[C@H]1N1CN=C(NS(C)(=O)=O)NC1. The van der Waals surface area contributed by atoms with Gasteiger partial charge in [0.25, 0.3) is 0 Å². The number of guanidine groups is 1. The van der Waals surface area contributed by atoms with Crippen molar-refractivity contribution in [1.29, 1.82) is 0 Å². The highest BCUT2D eigenvalue weighted by molar-refractivity contribution is 7.89. The van der Waals surface area contributed by atoms with E-state index in [0.29, 0.717) is 31.3 Å². The van der Waals surface area contributed by atoms with E-state index in [4.69, 9.17) is 0 Å². The number of nitrogens with zero attached hydrogens (tertiary/aromatic N) is 2. The zero-order valence-corrected chi connectivity index (χ0v) is 11.8. The molecule has 0 amide bonds. The van der Waals surface area contributed by atoms with Gasteiger partial charge in [-0.05, 0) is 18.8 Å². The van der Waals surface area contributed by atoms with Gasteiger partial charge in [0.2, 0.25) is 16.0 Å².